The van der Waals surface area contributed by atoms with Crippen molar-refractivity contribution in [3.63, 3.8) is 0 Å². The van der Waals surface area contributed by atoms with Crippen molar-refractivity contribution in [3.05, 3.63) is 0 Å². The van der Waals surface area contributed by atoms with Gasteiger partial charge >= 0.3 is 5.97 Å². The van der Waals surface area contributed by atoms with Gasteiger partial charge in [0.05, 0.1) is 5.75 Å². The topological polar surface area (TPSA) is 71.2 Å². The van der Waals surface area contributed by atoms with Crippen LogP contribution in [0.2, 0.25) is 0 Å². The Morgan fingerprint density at radius 3 is 2.85 bits per heavy atom. The third-order valence-electron chi connectivity index (χ3n) is 3.62. The highest BCUT2D eigenvalue weighted by molar-refractivity contribution is 7.99. The van der Waals surface area contributed by atoms with Gasteiger partial charge in [-0.3, -0.25) is 9.36 Å². The van der Waals surface area contributed by atoms with E-state index in [1.165, 1.54) is 24.6 Å². The fourth-order valence-electron chi connectivity index (χ4n) is 2.51. The molecule has 6 nitrogen and oxygen atoms in total. The molecule has 1 fully saturated rings. The summed E-state index contributed by atoms with van der Waals surface area (Å²) in [5.74, 6) is 0.835. The molecule has 1 aromatic heterocycles. The van der Waals surface area contributed by atoms with E-state index in [2.05, 4.69) is 33.5 Å². The van der Waals surface area contributed by atoms with Crippen molar-refractivity contribution in [2.75, 3.05) is 23.7 Å². The zero-order valence-corrected chi connectivity index (χ0v) is 12.9. The molecule has 1 atom stereocenters. The van der Waals surface area contributed by atoms with Crippen LogP contribution in [0.1, 0.15) is 33.1 Å². The molecule has 0 aromatic carbocycles. The molecular weight excluding hydrogens is 276 g/mol. The Kier molecular flexibility index (Phi) is 5.28. The van der Waals surface area contributed by atoms with Crippen LogP contribution in [-0.2, 0) is 11.3 Å². The highest BCUT2D eigenvalue weighted by Crippen LogP contribution is 2.27. The van der Waals surface area contributed by atoms with Gasteiger partial charge in [-0.25, -0.2) is 0 Å². The molecule has 1 unspecified atom stereocenters. The second-order valence-corrected chi connectivity index (χ2v) is 6.07. The van der Waals surface area contributed by atoms with Crippen molar-refractivity contribution < 1.29 is 9.90 Å². The summed E-state index contributed by atoms with van der Waals surface area (Å²) >= 11 is 1.24. The van der Waals surface area contributed by atoms with E-state index in [1.807, 2.05) is 0 Å². The van der Waals surface area contributed by atoms with Crippen molar-refractivity contribution >= 4 is 23.7 Å². The molecule has 1 aliphatic rings. The average Bonchev–Trinajstić information content (AvgIpc) is 3.03. The number of anilines is 1. The maximum absolute atomic E-state index is 10.7. The molecule has 7 heteroatoms. The highest BCUT2D eigenvalue weighted by Gasteiger charge is 2.26. The van der Waals surface area contributed by atoms with Gasteiger partial charge in [0.15, 0.2) is 5.16 Å². The van der Waals surface area contributed by atoms with Gasteiger partial charge in [0, 0.05) is 19.6 Å². The molecular formula is C13H22N4O2S. The van der Waals surface area contributed by atoms with Crippen LogP contribution in [0.15, 0.2) is 5.16 Å². The van der Waals surface area contributed by atoms with E-state index in [0.29, 0.717) is 5.16 Å². The van der Waals surface area contributed by atoms with E-state index in [4.69, 9.17) is 5.11 Å². The molecule has 112 valence electrons. The molecule has 0 amide bonds. The van der Waals surface area contributed by atoms with Gasteiger partial charge in [-0.1, -0.05) is 32.0 Å². The van der Waals surface area contributed by atoms with Crippen molar-refractivity contribution in [3.8, 4) is 0 Å². The Morgan fingerprint density at radius 2 is 2.25 bits per heavy atom. The summed E-state index contributed by atoms with van der Waals surface area (Å²) in [6, 6.07) is 0. The Bertz CT molecular complexity index is 463. The molecule has 0 aliphatic carbocycles. The number of hydrogen-bond acceptors (Lipinski definition) is 5. The summed E-state index contributed by atoms with van der Waals surface area (Å²) in [6.07, 6.45) is 3.38. The molecule has 1 N–H and O–H groups in total. The molecule has 1 aliphatic heterocycles. The number of thioether (sulfide) groups is 1. The number of aliphatic carboxylic acids is 1. The van der Waals surface area contributed by atoms with Gasteiger partial charge in [0.1, 0.15) is 0 Å². The molecule has 2 heterocycles. The summed E-state index contributed by atoms with van der Waals surface area (Å²) in [5.41, 5.74) is 0. The van der Waals surface area contributed by atoms with Crippen LogP contribution in [-0.4, -0.2) is 44.7 Å². The second kappa shape index (κ2) is 6.97. The van der Waals surface area contributed by atoms with Crippen LogP contribution in [0.4, 0.5) is 5.95 Å². The lowest BCUT2D eigenvalue weighted by molar-refractivity contribution is -0.133. The van der Waals surface area contributed by atoms with E-state index < -0.39 is 5.97 Å². The SMILES string of the molecule is CCCn1c(SCC(=O)O)nnc1N1CCC(CC)C1. The molecule has 0 spiro atoms. The minimum absolute atomic E-state index is 0.0272. The minimum atomic E-state index is -0.824. The van der Waals surface area contributed by atoms with Crippen LogP contribution in [0.5, 0.6) is 0 Å². The Balaban J connectivity index is 2.14. The van der Waals surface area contributed by atoms with Gasteiger partial charge in [-0.05, 0) is 18.8 Å². The van der Waals surface area contributed by atoms with Gasteiger partial charge in [-0.2, -0.15) is 0 Å². The smallest absolute Gasteiger partial charge is 0.313 e. The second-order valence-electron chi connectivity index (χ2n) is 5.13. The first-order valence-electron chi connectivity index (χ1n) is 7.18. The largest absolute Gasteiger partial charge is 0.481 e. The predicted octanol–water partition coefficient (Wildman–Crippen LogP) is 2.10. The average molecular weight is 298 g/mol. The summed E-state index contributed by atoms with van der Waals surface area (Å²) in [6.45, 7) is 7.21. The van der Waals surface area contributed by atoms with Gasteiger partial charge < -0.3 is 10.0 Å². The van der Waals surface area contributed by atoms with Crippen molar-refractivity contribution in [1.29, 1.82) is 0 Å². The Labute approximate surface area is 123 Å². The Morgan fingerprint density at radius 1 is 1.45 bits per heavy atom. The number of rotatable bonds is 7. The quantitative estimate of drug-likeness (QED) is 0.777. The number of carbonyl (C=O) groups is 1. The van der Waals surface area contributed by atoms with E-state index in [0.717, 1.165) is 37.9 Å². The fourth-order valence-corrected chi connectivity index (χ4v) is 3.19. The van der Waals surface area contributed by atoms with E-state index in [1.54, 1.807) is 0 Å². The number of carboxylic acid groups (broad SMARTS) is 1. The van der Waals surface area contributed by atoms with Gasteiger partial charge in [-0.15, -0.1) is 10.2 Å². The molecule has 1 aromatic rings. The lowest BCUT2D eigenvalue weighted by atomic mass is 10.1. The van der Waals surface area contributed by atoms with Crippen LogP contribution in [0.3, 0.4) is 0 Å². The first kappa shape index (κ1) is 15.2. The normalized spacial score (nSPS) is 18.7. The maximum atomic E-state index is 10.7. The zero-order chi connectivity index (χ0) is 14.5. The summed E-state index contributed by atoms with van der Waals surface area (Å²) in [4.78, 5) is 13.0. The van der Waals surface area contributed by atoms with Crippen molar-refractivity contribution in [1.82, 2.24) is 14.8 Å². The first-order valence-corrected chi connectivity index (χ1v) is 8.17. The van der Waals surface area contributed by atoms with E-state index in [-0.39, 0.29) is 5.75 Å². The van der Waals surface area contributed by atoms with Gasteiger partial charge in [0.25, 0.3) is 0 Å². The lowest BCUT2D eigenvalue weighted by Gasteiger charge is -2.18. The third-order valence-corrected chi connectivity index (χ3v) is 4.57. The molecule has 0 saturated carbocycles. The number of hydrogen-bond donors (Lipinski definition) is 1. The molecule has 2 rings (SSSR count). The maximum Gasteiger partial charge on any atom is 0.313 e. The van der Waals surface area contributed by atoms with Crippen LogP contribution in [0.25, 0.3) is 0 Å². The Hall–Kier alpha value is -1.24. The number of nitrogens with zero attached hydrogens (tertiary/aromatic N) is 4. The van der Waals surface area contributed by atoms with E-state index >= 15 is 0 Å². The summed E-state index contributed by atoms with van der Waals surface area (Å²) in [5, 5.41) is 18.0. The lowest BCUT2D eigenvalue weighted by Crippen LogP contribution is -2.24. The molecule has 0 radical (unpaired) electrons. The third kappa shape index (κ3) is 3.45. The summed E-state index contributed by atoms with van der Waals surface area (Å²) in [7, 11) is 0. The predicted molar refractivity (Wildman–Crippen MR) is 79.3 cm³/mol. The van der Waals surface area contributed by atoms with Crippen molar-refractivity contribution in [2.24, 2.45) is 5.92 Å². The fraction of sp³-hybridized carbons (Fsp3) is 0.769. The monoisotopic (exact) mass is 298 g/mol. The van der Waals surface area contributed by atoms with Crippen LogP contribution in [0, 0.1) is 5.92 Å². The van der Waals surface area contributed by atoms with Crippen LogP contribution < -0.4 is 4.90 Å². The highest BCUT2D eigenvalue weighted by atomic mass is 32.2. The van der Waals surface area contributed by atoms with Crippen LogP contribution >= 0.6 is 11.8 Å². The molecule has 0 bridgehead atoms. The van der Waals surface area contributed by atoms with E-state index in [9.17, 15) is 4.79 Å². The molecule has 20 heavy (non-hydrogen) atoms. The minimum Gasteiger partial charge on any atom is -0.481 e. The number of carboxylic acids is 1. The standard InChI is InChI=1S/C13H22N4O2S/c1-3-6-17-12(16-7-5-10(4-2)8-16)14-15-13(17)20-9-11(18)19/h10H,3-9H2,1-2H3,(H,18,19). The zero-order valence-electron chi connectivity index (χ0n) is 12.1. The molecule has 1 saturated heterocycles. The summed E-state index contributed by atoms with van der Waals surface area (Å²) < 4.78 is 2.06. The van der Waals surface area contributed by atoms with Gasteiger partial charge in [0.2, 0.25) is 5.95 Å². The van der Waals surface area contributed by atoms with Crippen molar-refractivity contribution in [2.45, 2.75) is 44.8 Å². The first-order chi connectivity index (χ1) is 9.65. The number of aromatic nitrogens is 3.